The van der Waals surface area contributed by atoms with Crippen molar-refractivity contribution in [3.63, 3.8) is 0 Å². The van der Waals surface area contributed by atoms with Gasteiger partial charge in [0.25, 0.3) is 0 Å². The van der Waals surface area contributed by atoms with Gasteiger partial charge in [0, 0.05) is 37.7 Å². The molecule has 1 heterocycles. The van der Waals surface area contributed by atoms with Gasteiger partial charge < -0.3 is 85.8 Å². The van der Waals surface area contributed by atoms with E-state index < -0.39 is 139 Å². The number of guanidine groups is 1. The van der Waals surface area contributed by atoms with Crippen LogP contribution in [0.15, 0.2) is 47.8 Å². The normalized spacial score (nSPS) is 14.4. The van der Waals surface area contributed by atoms with E-state index in [1.54, 1.807) is 50.4 Å². The fourth-order valence-electron chi connectivity index (χ4n) is 7.44. The molecule has 2 rings (SSSR count). The van der Waals surface area contributed by atoms with E-state index in [4.69, 9.17) is 22.9 Å². The van der Waals surface area contributed by atoms with Crippen LogP contribution < -0.4 is 65.5 Å². The van der Waals surface area contributed by atoms with Crippen molar-refractivity contribution in [3.05, 3.63) is 54.1 Å². The van der Waals surface area contributed by atoms with Crippen LogP contribution in [0.25, 0.3) is 0 Å². The third-order valence-corrected chi connectivity index (χ3v) is 12.6. The summed E-state index contributed by atoms with van der Waals surface area (Å²) < 4.78 is 0. The first kappa shape index (κ1) is 67.3. The number of carboxylic acids is 3. The fraction of sp³-hybridized carbons (Fsp3) is 0.571. The zero-order chi connectivity index (χ0) is 59.2. The van der Waals surface area contributed by atoms with Crippen LogP contribution in [0.4, 0.5) is 0 Å². The second kappa shape index (κ2) is 35.5. The third kappa shape index (κ3) is 25.9. The Morgan fingerprint density at radius 1 is 0.608 bits per heavy atom. The van der Waals surface area contributed by atoms with Crippen LogP contribution in [-0.2, 0) is 65.6 Å². The van der Waals surface area contributed by atoms with Crippen molar-refractivity contribution in [2.24, 2.45) is 33.8 Å². The first-order valence-electron chi connectivity index (χ1n) is 25.5. The van der Waals surface area contributed by atoms with Crippen molar-refractivity contribution in [2.45, 2.75) is 146 Å². The maximum atomic E-state index is 14.2. The molecule has 9 atom stereocenters. The Morgan fingerprint density at radius 3 is 1.63 bits per heavy atom. The highest BCUT2D eigenvalue weighted by atomic mass is 32.2. The Bertz CT molecular complexity index is 2380. The zero-order valence-electron chi connectivity index (χ0n) is 44.7. The first-order chi connectivity index (χ1) is 37.4. The summed E-state index contributed by atoms with van der Waals surface area (Å²) in [5, 5.41) is 49.0. The number of imidazole rings is 1. The molecule has 29 nitrogen and oxygen atoms in total. The van der Waals surface area contributed by atoms with E-state index in [2.05, 4.69) is 57.5 Å². The van der Waals surface area contributed by atoms with E-state index in [1.165, 1.54) is 24.3 Å². The van der Waals surface area contributed by atoms with E-state index >= 15 is 0 Å². The highest BCUT2D eigenvalue weighted by molar-refractivity contribution is 7.98. The Balaban J connectivity index is 2.39. The monoisotopic (exact) mass is 1130 g/mol. The molecule has 2 aromatic rings. The first-order valence-corrected chi connectivity index (χ1v) is 26.9. The summed E-state index contributed by atoms with van der Waals surface area (Å²) >= 11 is 1.32. The number of rotatable bonds is 38. The average Bonchev–Trinajstić information content (AvgIpc) is 3.92. The standard InChI is InChI=1S/C49H77N15O14S/c1-26(2)39(51)47(76)61-30(13-8-9-18-50)41(70)60-33(17-20-79-4)44(73)63-35(23-38(67)68)45(74)57-27(3)40(69)58-32(15-16-37(65)66)43(72)62-34(21-28-11-6-5-7-12-28)46(75)59-31(14-10-19-55-49(52)53)42(71)64-36(48(77)78)22-29-24-54-25-56-29/h5-7,11-12,24-27,30-36,39H,8-10,13-23,50-51H2,1-4H3,(H,54,56)(H,57,74)(H,58,69)(H,59,75)(H,60,70)(H,61,76)(H,62,72)(H,63,73)(H,64,71)(H,65,66)(H,67,68)(H,77,78)(H4,52,53,55)/t27-,30-,31-,32-,33-,34-,35-,36-,39-/m0/s1. The van der Waals surface area contributed by atoms with E-state index in [0.29, 0.717) is 36.4 Å². The lowest BCUT2D eigenvalue weighted by atomic mass is 10.0. The summed E-state index contributed by atoms with van der Waals surface area (Å²) in [6, 6.07) is -4.77. The Labute approximate surface area is 460 Å². The predicted molar refractivity (Wildman–Crippen MR) is 289 cm³/mol. The maximum absolute atomic E-state index is 14.2. The van der Waals surface area contributed by atoms with Gasteiger partial charge >= 0.3 is 17.9 Å². The minimum Gasteiger partial charge on any atom is -0.481 e. The number of carbonyl (C=O) groups excluding carboxylic acids is 8. The van der Waals surface area contributed by atoms with Crippen LogP contribution in [0.1, 0.15) is 89.8 Å². The number of aromatic nitrogens is 2. The molecule has 0 aliphatic rings. The number of H-pyrrole nitrogens is 1. The number of hydrogen-bond acceptors (Lipinski definition) is 16. The molecule has 0 radical (unpaired) electrons. The van der Waals surface area contributed by atoms with Gasteiger partial charge in [-0.25, -0.2) is 9.78 Å². The third-order valence-electron chi connectivity index (χ3n) is 12.0. The van der Waals surface area contributed by atoms with Crippen LogP contribution in [0.3, 0.4) is 0 Å². The summed E-state index contributed by atoms with van der Waals surface area (Å²) in [7, 11) is 0. The molecule has 30 heteroatoms. The minimum absolute atomic E-state index is 0.00128. The number of nitrogens with zero attached hydrogens (tertiary/aromatic N) is 2. The van der Waals surface area contributed by atoms with Crippen LogP contribution in [-0.4, -0.2) is 176 Å². The number of aliphatic carboxylic acids is 3. The van der Waals surface area contributed by atoms with Crippen LogP contribution >= 0.6 is 11.8 Å². The largest absolute Gasteiger partial charge is 0.481 e. The van der Waals surface area contributed by atoms with Gasteiger partial charge in [-0.3, -0.25) is 52.9 Å². The highest BCUT2D eigenvalue weighted by Gasteiger charge is 2.35. The Morgan fingerprint density at radius 2 is 1.11 bits per heavy atom. The lowest BCUT2D eigenvalue weighted by Gasteiger charge is -2.27. The molecule has 438 valence electrons. The number of amides is 8. The van der Waals surface area contributed by atoms with Crippen molar-refractivity contribution >= 4 is 82.9 Å². The molecular formula is C49H77N15O14S. The molecule has 0 saturated heterocycles. The maximum Gasteiger partial charge on any atom is 0.326 e. The molecule has 8 amide bonds. The lowest BCUT2D eigenvalue weighted by molar-refractivity contribution is -0.142. The molecule has 0 spiro atoms. The summed E-state index contributed by atoms with van der Waals surface area (Å²) in [6.07, 6.45) is 2.80. The molecule has 0 fully saturated rings. The van der Waals surface area contributed by atoms with Gasteiger partial charge in [0.05, 0.1) is 18.8 Å². The number of nitrogens with two attached hydrogens (primary N) is 4. The summed E-state index contributed by atoms with van der Waals surface area (Å²) in [5.74, 6) is -12.1. The molecule has 1 aromatic carbocycles. The number of thioether (sulfide) groups is 1. The van der Waals surface area contributed by atoms with Crippen molar-refractivity contribution in [1.82, 2.24) is 52.5 Å². The second-order valence-corrected chi connectivity index (χ2v) is 19.8. The number of nitrogens with one attached hydrogen (secondary N) is 9. The van der Waals surface area contributed by atoms with Gasteiger partial charge in [0.1, 0.15) is 48.3 Å². The fourth-order valence-corrected chi connectivity index (χ4v) is 7.91. The van der Waals surface area contributed by atoms with Gasteiger partial charge in [-0.05, 0) is 81.9 Å². The summed E-state index contributed by atoms with van der Waals surface area (Å²) in [6.45, 7) is 4.91. The van der Waals surface area contributed by atoms with Gasteiger partial charge in [-0.1, -0.05) is 44.2 Å². The van der Waals surface area contributed by atoms with Crippen molar-refractivity contribution in [1.29, 1.82) is 0 Å². The molecule has 20 N–H and O–H groups in total. The minimum atomic E-state index is -1.84. The topological polar surface area (TPSA) is 490 Å². The molecule has 0 unspecified atom stereocenters. The summed E-state index contributed by atoms with van der Waals surface area (Å²) in [4.78, 5) is 156. The van der Waals surface area contributed by atoms with Gasteiger partial charge in [-0.2, -0.15) is 11.8 Å². The molecule has 0 saturated carbocycles. The van der Waals surface area contributed by atoms with Crippen molar-refractivity contribution < 1.29 is 68.1 Å². The highest BCUT2D eigenvalue weighted by Crippen LogP contribution is 2.11. The quantitative estimate of drug-likeness (QED) is 0.0176. The van der Waals surface area contributed by atoms with E-state index in [-0.39, 0.29) is 56.9 Å². The molecule has 0 bridgehead atoms. The average molecular weight is 1130 g/mol. The number of aromatic amines is 1. The summed E-state index contributed by atoms with van der Waals surface area (Å²) in [5.41, 5.74) is 23.4. The van der Waals surface area contributed by atoms with Crippen LogP contribution in [0.2, 0.25) is 0 Å². The van der Waals surface area contributed by atoms with Gasteiger partial charge in [0.2, 0.25) is 47.3 Å². The van der Waals surface area contributed by atoms with Crippen molar-refractivity contribution in [2.75, 3.05) is 25.1 Å². The number of unbranched alkanes of at least 4 members (excludes halogenated alkanes) is 1. The second-order valence-electron chi connectivity index (χ2n) is 18.8. The van der Waals surface area contributed by atoms with Gasteiger partial charge in [-0.15, -0.1) is 0 Å². The van der Waals surface area contributed by atoms with Gasteiger partial charge in [0.15, 0.2) is 5.96 Å². The molecule has 1 aromatic heterocycles. The molecule has 79 heavy (non-hydrogen) atoms. The van der Waals surface area contributed by atoms with E-state index in [0.717, 1.165) is 6.92 Å². The zero-order valence-corrected chi connectivity index (χ0v) is 45.5. The molecule has 0 aliphatic carbocycles. The van der Waals surface area contributed by atoms with Crippen LogP contribution in [0.5, 0.6) is 0 Å². The number of hydrogen-bond donors (Lipinski definition) is 16. The number of carbonyl (C=O) groups is 11. The lowest BCUT2D eigenvalue weighted by Crippen LogP contribution is -2.60. The number of benzene rings is 1. The van der Waals surface area contributed by atoms with E-state index in [9.17, 15) is 68.1 Å². The molecule has 0 aliphatic heterocycles. The Kier molecular flexibility index (Phi) is 30.2. The van der Waals surface area contributed by atoms with Crippen molar-refractivity contribution in [3.8, 4) is 0 Å². The van der Waals surface area contributed by atoms with E-state index in [1.807, 2.05) is 0 Å². The van der Waals surface area contributed by atoms with Crippen LogP contribution in [0, 0.1) is 5.92 Å². The predicted octanol–water partition coefficient (Wildman–Crippen LogP) is -3.56. The molecular weight excluding hydrogens is 1050 g/mol. The number of aliphatic imine (C=N–C) groups is 1. The smallest absolute Gasteiger partial charge is 0.326 e. The number of carboxylic acid groups (broad SMARTS) is 3. The Hall–Kier alpha value is -7.86. The SMILES string of the molecule is CSCC[C@H](NC(=O)[C@H](CCCCN)NC(=O)[C@@H](N)C(C)C)C(=O)N[C@@H](CC(=O)O)C(=O)N[C@@H](C)C(=O)N[C@@H](CCC(=O)O)C(=O)N[C@@H](Cc1ccccc1)C(=O)N[C@@H](CCCN=C(N)N)C(=O)N[C@@H](Cc1cnc[nH]1)C(=O)O.